The molecular formula is C22H33F5O5S. The monoisotopic (exact) mass is 504 g/mol. The first-order chi connectivity index (χ1) is 15.0. The molecule has 2 fully saturated rings. The van der Waals surface area contributed by atoms with Crippen molar-refractivity contribution < 1.29 is 44.6 Å². The van der Waals surface area contributed by atoms with Crippen LogP contribution in [0.25, 0.3) is 0 Å². The molecule has 2 rings (SSSR count). The zero-order valence-corrected chi connectivity index (χ0v) is 20.0. The summed E-state index contributed by atoms with van der Waals surface area (Å²) in [6, 6.07) is 0. The maximum Gasteiger partial charge on any atom is 0.453 e. The van der Waals surface area contributed by atoms with Gasteiger partial charge in [-0.15, -0.1) is 0 Å². The Morgan fingerprint density at radius 2 is 1.55 bits per heavy atom. The summed E-state index contributed by atoms with van der Waals surface area (Å²) in [6.45, 7) is 5.30. The second kappa shape index (κ2) is 10.2. The van der Waals surface area contributed by atoms with Gasteiger partial charge in [-0.05, 0) is 58.8 Å². The van der Waals surface area contributed by atoms with Gasteiger partial charge in [-0.2, -0.15) is 22.0 Å². The standard InChI is InChI=1S/C22H33F5O5S/c1-19(2,3)32-18(28)20(12-14-31-15-13-20)33(29,30)17-9-7-16(8-10-17)6-4-5-11-21(23,24)22(25,26)27/h4-5,16-17H,6-15H2,1-3H3. The van der Waals surface area contributed by atoms with E-state index in [4.69, 9.17) is 9.47 Å². The van der Waals surface area contributed by atoms with Gasteiger partial charge in [0.2, 0.25) is 0 Å². The Bertz CT molecular complexity index is 800. The van der Waals surface area contributed by atoms with E-state index < -0.39 is 49.9 Å². The molecule has 1 aliphatic carbocycles. The van der Waals surface area contributed by atoms with Gasteiger partial charge in [-0.1, -0.05) is 12.2 Å². The van der Waals surface area contributed by atoms with Gasteiger partial charge in [0, 0.05) is 32.5 Å². The zero-order chi connectivity index (χ0) is 25.1. The second-order valence-corrected chi connectivity index (χ2v) is 12.4. The number of sulfone groups is 1. The fourth-order valence-electron chi connectivity index (χ4n) is 4.31. The third kappa shape index (κ3) is 6.68. The maximum atomic E-state index is 13.6. The molecule has 0 aromatic carbocycles. The molecule has 33 heavy (non-hydrogen) atoms. The van der Waals surface area contributed by atoms with Crippen molar-refractivity contribution in [3.63, 3.8) is 0 Å². The number of carbonyl (C=O) groups excluding carboxylic acids is 1. The van der Waals surface area contributed by atoms with E-state index in [0.717, 1.165) is 6.08 Å². The van der Waals surface area contributed by atoms with E-state index in [0.29, 0.717) is 32.1 Å². The maximum absolute atomic E-state index is 13.6. The van der Waals surface area contributed by atoms with E-state index in [9.17, 15) is 35.2 Å². The fraction of sp³-hybridized carbons (Fsp3) is 0.864. The summed E-state index contributed by atoms with van der Waals surface area (Å²) in [5, 5.41) is -0.738. The summed E-state index contributed by atoms with van der Waals surface area (Å²) in [5.41, 5.74) is -0.842. The molecule has 0 radical (unpaired) electrons. The Labute approximate surface area is 192 Å². The molecule has 192 valence electrons. The highest BCUT2D eigenvalue weighted by molar-refractivity contribution is 7.94. The van der Waals surface area contributed by atoms with Gasteiger partial charge in [0.15, 0.2) is 14.6 Å². The van der Waals surface area contributed by atoms with Crippen molar-refractivity contribution in [2.24, 2.45) is 5.92 Å². The van der Waals surface area contributed by atoms with Crippen molar-refractivity contribution in [1.82, 2.24) is 0 Å². The molecule has 2 aliphatic rings. The average Bonchev–Trinajstić information content (AvgIpc) is 2.70. The molecule has 0 aromatic rings. The fourth-order valence-corrected chi connectivity index (χ4v) is 6.85. The molecule has 0 unspecified atom stereocenters. The van der Waals surface area contributed by atoms with E-state index in [1.165, 1.54) is 6.08 Å². The largest absolute Gasteiger partial charge is 0.459 e. The molecule has 1 saturated carbocycles. The lowest BCUT2D eigenvalue weighted by atomic mass is 9.86. The first kappa shape index (κ1) is 28.0. The van der Waals surface area contributed by atoms with Crippen molar-refractivity contribution in [2.75, 3.05) is 13.2 Å². The van der Waals surface area contributed by atoms with Crippen LogP contribution in [0.15, 0.2) is 12.2 Å². The van der Waals surface area contributed by atoms with E-state index >= 15 is 0 Å². The van der Waals surface area contributed by atoms with E-state index in [-0.39, 0.29) is 32.0 Å². The molecule has 1 heterocycles. The van der Waals surface area contributed by atoms with Crippen LogP contribution >= 0.6 is 0 Å². The van der Waals surface area contributed by atoms with Crippen LogP contribution in [0, 0.1) is 5.92 Å². The molecule has 0 bridgehead atoms. The molecule has 1 saturated heterocycles. The van der Waals surface area contributed by atoms with Gasteiger partial charge >= 0.3 is 18.1 Å². The SMILES string of the molecule is CC(C)(C)OC(=O)C1(S(=O)(=O)C2CCC(CC=CCC(F)(F)C(F)(F)F)CC2)CCOCC1. The van der Waals surface area contributed by atoms with Crippen LogP contribution in [-0.4, -0.2) is 55.3 Å². The highest BCUT2D eigenvalue weighted by Gasteiger charge is 2.57. The van der Waals surface area contributed by atoms with Crippen molar-refractivity contribution in [2.45, 2.75) is 99.8 Å². The van der Waals surface area contributed by atoms with Crippen LogP contribution < -0.4 is 0 Å². The number of hydrogen-bond donors (Lipinski definition) is 0. The summed E-state index contributed by atoms with van der Waals surface area (Å²) in [6.07, 6.45) is -2.97. The molecule has 11 heteroatoms. The normalized spacial score (nSPS) is 25.2. The van der Waals surface area contributed by atoms with Crippen molar-refractivity contribution in [3.05, 3.63) is 12.2 Å². The molecule has 0 atom stereocenters. The molecule has 5 nitrogen and oxygen atoms in total. The number of halogens is 5. The number of hydrogen-bond acceptors (Lipinski definition) is 5. The number of esters is 1. The quantitative estimate of drug-likeness (QED) is 0.264. The first-order valence-electron chi connectivity index (χ1n) is 11.2. The zero-order valence-electron chi connectivity index (χ0n) is 19.2. The molecule has 0 aromatic heterocycles. The Balaban J connectivity index is 2.01. The van der Waals surface area contributed by atoms with Crippen LogP contribution in [0.3, 0.4) is 0 Å². The molecular weight excluding hydrogens is 471 g/mol. The first-order valence-corrected chi connectivity index (χ1v) is 12.7. The average molecular weight is 505 g/mol. The van der Waals surface area contributed by atoms with Crippen LogP contribution in [0.5, 0.6) is 0 Å². The Kier molecular flexibility index (Phi) is 8.64. The van der Waals surface area contributed by atoms with E-state index in [1.807, 2.05) is 0 Å². The lowest BCUT2D eigenvalue weighted by molar-refractivity contribution is -0.280. The predicted octanol–water partition coefficient (Wildman–Crippen LogP) is 5.38. The van der Waals surface area contributed by atoms with Crippen LogP contribution in [-0.2, 0) is 24.1 Å². The van der Waals surface area contributed by atoms with Gasteiger partial charge in [-0.25, -0.2) is 8.42 Å². The molecule has 0 amide bonds. The Morgan fingerprint density at radius 3 is 2.03 bits per heavy atom. The van der Waals surface area contributed by atoms with Crippen molar-refractivity contribution in [1.29, 1.82) is 0 Å². The number of carbonyl (C=O) groups is 1. The summed E-state index contributed by atoms with van der Waals surface area (Å²) in [7, 11) is -3.90. The summed E-state index contributed by atoms with van der Waals surface area (Å²) >= 11 is 0. The minimum Gasteiger partial charge on any atom is -0.459 e. The molecule has 1 aliphatic heterocycles. The van der Waals surface area contributed by atoms with Crippen LogP contribution in [0.4, 0.5) is 22.0 Å². The van der Waals surface area contributed by atoms with Gasteiger partial charge in [0.25, 0.3) is 0 Å². The third-order valence-corrected chi connectivity index (χ3v) is 9.29. The highest BCUT2D eigenvalue weighted by Crippen LogP contribution is 2.41. The topological polar surface area (TPSA) is 69.7 Å². The summed E-state index contributed by atoms with van der Waals surface area (Å²) in [5.74, 6) is -5.54. The Hall–Kier alpha value is -1.23. The minimum absolute atomic E-state index is 0.0145. The third-order valence-electron chi connectivity index (χ3n) is 6.27. The number of allylic oxidation sites excluding steroid dienone is 2. The van der Waals surface area contributed by atoms with Crippen LogP contribution in [0.1, 0.15) is 72.1 Å². The Morgan fingerprint density at radius 1 is 1.00 bits per heavy atom. The smallest absolute Gasteiger partial charge is 0.453 e. The number of alkyl halides is 5. The molecule has 0 N–H and O–H groups in total. The molecule has 0 spiro atoms. The lowest BCUT2D eigenvalue weighted by Gasteiger charge is -2.40. The van der Waals surface area contributed by atoms with Gasteiger partial charge in [0.1, 0.15) is 5.60 Å². The predicted molar refractivity (Wildman–Crippen MR) is 113 cm³/mol. The highest BCUT2D eigenvalue weighted by atomic mass is 32.2. The van der Waals surface area contributed by atoms with Gasteiger partial charge < -0.3 is 9.47 Å². The second-order valence-electron chi connectivity index (χ2n) is 9.91. The minimum atomic E-state index is -5.59. The van der Waals surface area contributed by atoms with Gasteiger partial charge in [0.05, 0.1) is 5.25 Å². The van der Waals surface area contributed by atoms with E-state index in [1.54, 1.807) is 20.8 Å². The van der Waals surface area contributed by atoms with Crippen molar-refractivity contribution >= 4 is 15.8 Å². The van der Waals surface area contributed by atoms with Crippen molar-refractivity contribution in [3.8, 4) is 0 Å². The summed E-state index contributed by atoms with van der Waals surface area (Å²) < 4.78 is 98.9. The number of ether oxygens (including phenoxy) is 2. The lowest BCUT2D eigenvalue weighted by Crippen LogP contribution is -2.56. The van der Waals surface area contributed by atoms with Crippen LogP contribution in [0.2, 0.25) is 0 Å². The number of rotatable bonds is 7. The van der Waals surface area contributed by atoms with E-state index in [2.05, 4.69) is 0 Å². The summed E-state index contributed by atoms with van der Waals surface area (Å²) in [4.78, 5) is 13.0. The van der Waals surface area contributed by atoms with Gasteiger partial charge in [-0.3, -0.25) is 4.79 Å².